The number of alkyl halides is 2. The Morgan fingerprint density at radius 3 is 2.33 bits per heavy atom. The van der Waals surface area contributed by atoms with Crippen LogP contribution in [0.5, 0.6) is 0 Å². The lowest BCUT2D eigenvalue weighted by molar-refractivity contribution is -0.00606. The molecule has 0 aliphatic rings. The number of nitrogens with one attached hydrogen (secondary N) is 1. The first-order chi connectivity index (χ1) is 5.52. The number of hydrogen-bond donors (Lipinski definition) is 2. The van der Waals surface area contributed by atoms with Crippen molar-refractivity contribution in [2.45, 2.75) is 26.4 Å². The van der Waals surface area contributed by atoms with Gasteiger partial charge < -0.3 is 10.1 Å². The Morgan fingerprint density at radius 1 is 1.42 bits per heavy atom. The standard InChI is InChI=1S/C8H11F2NO/c1-4-3-6(5(2)11-4)7(12)8(9)10/h3,7-8,11-12H,1-2H3. The third-order valence-corrected chi connectivity index (χ3v) is 1.75. The van der Waals surface area contributed by atoms with Gasteiger partial charge in [0.15, 0.2) is 0 Å². The normalized spacial score (nSPS) is 13.8. The highest BCUT2D eigenvalue weighted by atomic mass is 19.3. The molecule has 1 aromatic heterocycles. The van der Waals surface area contributed by atoms with Gasteiger partial charge in [0.2, 0.25) is 0 Å². The maximum absolute atomic E-state index is 12.0. The molecular weight excluding hydrogens is 164 g/mol. The molecule has 12 heavy (non-hydrogen) atoms. The lowest BCUT2D eigenvalue weighted by Gasteiger charge is -2.07. The Bertz CT molecular complexity index is 270. The highest BCUT2D eigenvalue weighted by Gasteiger charge is 2.21. The van der Waals surface area contributed by atoms with Gasteiger partial charge in [-0.1, -0.05) is 0 Å². The molecule has 68 valence electrons. The maximum atomic E-state index is 12.0. The van der Waals surface area contributed by atoms with E-state index >= 15 is 0 Å². The summed E-state index contributed by atoms with van der Waals surface area (Å²) in [6.45, 7) is 3.42. The van der Waals surface area contributed by atoms with Crippen molar-refractivity contribution in [3.63, 3.8) is 0 Å². The van der Waals surface area contributed by atoms with Crippen LogP contribution in [0.25, 0.3) is 0 Å². The van der Waals surface area contributed by atoms with Crippen LogP contribution in [0.1, 0.15) is 23.1 Å². The largest absolute Gasteiger partial charge is 0.382 e. The van der Waals surface area contributed by atoms with Gasteiger partial charge in [-0.3, -0.25) is 0 Å². The summed E-state index contributed by atoms with van der Waals surface area (Å²) in [6, 6.07) is 1.53. The predicted octanol–water partition coefficient (Wildman–Crippen LogP) is 1.93. The Hall–Kier alpha value is -0.900. The van der Waals surface area contributed by atoms with Gasteiger partial charge in [0.25, 0.3) is 6.43 Å². The number of H-pyrrole nitrogens is 1. The van der Waals surface area contributed by atoms with Crippen molar-refractivity contribution >= 4 is 0 Å². The molecule has 2 nitrogen and oxygen atoms in total. The van der Waals surface area contributed by atoms with Gasteiger partial charge >= 0.3 is 0 Å². The second-order valence-corrected chi connectivity index (χ2v) is 2.81. The maximum Gasteiger partial charge on any atom is 0.268 e. The van der Waals surface area contributed by atoms with E-state index in [4.69, 9.17) is 5.11 Å². The van der Waals surface area contributed by atoms with Gasteiger partial charge in [-0.05, 0) is 19.9 Å². The highest BCUT2D eigenvalue weighted by molar-refractivity contribution is 5.26. The minimum absolute atomic E-state index is 0.280. The molecule has 1 rings (SSSR count). The van der Waals surface area contributed by atoms with Crippen LogP contribution in [-0.4, -0.2) is 16.5 Å². The van der Waals surface area contributed by atoms with Crippen LogP contribution in [0, 0.1) is 13.8 Å². The van der Waals surface area contributed by atoms with E-state index in [0.717, 1.165) is 5.69 Å². The Morgan fingerprint density at radius 2 is 2.00 bits per heavy atom. The van der Waals surface area contributed by atoms with Crippen molar-refractivity contribution in [1.82, 2.24) is 4.98 Å². The smallest absolute Gasteiger partial charge is 0.268 e. The molecule has 1 atom stereocenters. The molecule has 0 fully saturated rings. The number of halogens is 2. The van der Waals surface area contributed by atoms with E-state index in [1.165, 1.54) is 6.07 Å². The van der Waals surface area contributed by atoms with Crippen LogP contribution >= 0.6 is 0 Å². The first kappa shape index (κ1) is 9.19. The van der Waals surface area contributed by atoms with Crippen LogP contribution in [0.4, 0.5) is 8.78 Å². The number of hydrogen-bond acceptors (Lipinski definition) is 1. The molecule has 0 saturated heterocycles. The van der Waals surface area contributed by atoms with Gasteiger partial charge in [0, 0.05) is 17.0 Å². The summed E-state index contributed by atoms with van der Waals surface area (Å²) in [5.41, 5.74) is 1.66. The number of aromatic amines is 1. The monoisotopic (exact) mass is 175 g/mol. The molecule has 1 heterocycles. The zero-order valence-electron chi connectivity index (χ0n) is 6.94. The predicted molar refractivity (Wildman–Crippen MR) is 41.2 cm³/mol. The SMILES string of the molecule is Cc1cc(C(O)C(F)F)c(C)[nH]1. The molecule has 1 aromatic rings. The molecule has 0 saturated carbocycles. The fourth-order valence-corrected chi connectivity index (χ4v) is 1.19. The molecule has 0 aromatic carbocycles. The highest BCUT2D eigenvalue weighted by Crippen LogP contribution is 2.23. The fourth-order valence-electron chi connectivity index (χ4n) is 1.19. The van der Waals surface area contributed by atoms with Crippen LogP contribution in [0.3, 0.4) is 0 Å². The Kier molecular flexibility index (Phi) is 2.47. The first-order valence-electron chi connectivity index (χ1n) is 3.64. The summed E-state index contributed by atoms with van der Waals surface area (Å²) in [4.78, 5) is 2.85. The van der Waals surface area contributed by atoms with Crippen molar-refractivity contribution in [3.8, 4) is 0 Å². The zero-order valence-corrected chi connectivity index (χ0v) is 6.94. The van der Waals surface area contributed by atoms with E-state index < -0.39 is 12.5 Å². The van der Waals surface area contributed by atoms with E-state index in [1.807, 2.05) is 0 Å². The summed E-state index contributed by atoms with van der Waals surface area (Å²) in [6.07, 6.45) is -4.39. The third kappa shape index (κ3) is 1.64. The third-order valence-electron chi connectivity index (χ3n) is 1.75. The zero-order chi connectivity index (χ0) is 9.30. The van der Waals surface area contributed by atoms with E-state index in [1.54, 1.807) is 13.8 Å². The number of aliphatic hydroxyl groups is 1. The number of aryl methyl sites for hydroxylation is 2. The summed E-state index contributed by atoms with van der Waals surface area (Å²) in [5.74, 6) is 0. The fraction of sp³-hybridized carbons (Fsp3) is 0.500. The van der Waals surface area contributed by atoms with Crippen molar-refractivity contribution in [2.24, 2.45) is 0 Å². The molecule has 0 aliphatic carbocycles. The number of aromatic nitrogens is 1. The van der Waals surface area contributed by atoms with Crippen LogP contribution in [-0.2, 0) is 0 Å². The summed E-state index contributed by atoms with van der Waals surface area (Å²) < 4.78 is 24.1. The van der Waals surface area contributed by atoms with Crippen molar-refractivity contribution in [3.05, 3.63) is 23.0 Å². The van der Waals surface area contributed by atoms with Crippen molar-refractivity contribution in [2.75, 3.05) is 0 Å². The lowest BCUT2D eigenvalue weighted by Crippen LogP contribution is -2.08. The van der Waals surface area contributed by atoms with Gasteiger partial charge in [0.05, 0.1) is 0 Å². The molecule has 0 aliphatic heterocycles. The molecule has 2 N–H and O–H groups in total. The average Bonchev–Trinajstić information content (AvgIpc) is 2.28. The molecule has 0 amide bonds. The van der Waals surface area contributed by atoms with Gasteiger partial charge in [0.1, 0.15) is 6.10 Å². The molecule has 0 bridgehead atoms. The van der Waals surface area contributed by atoms with Crippen LogP contribution in [0.2, 0.25) is 0 Å². The number of aliphatic hydroxyl groups excluding tert-OH is 1. The summed E-state index contributed by atoms with van der Waals surface area (Å²) in [7, 11) is 0. The molecule has 1 unspecified atom stereocenters. The topological polar surface area (TPSA) is 36.0 Å². The Labute approximate surface area is 69.2 Å². The Balaban J connectivity index is 2.94. The number of rotatable bonds is 2. The summed E-state index contributed by atoms with van der Waals surface area (Å²) in [5, 5.41) is 9.02. The van der Waals surface area contributed by atoms with Crippen LogP contribution in [0.15, 0.2) is 6.07 Å². The van der Waals surface area contributed by atoms with Crippen molar-refractivity contribution in [1.29, 1.82) is 0 Å². The minimum Gasteiger partial charge on any atom is -0.382 e. The van der Waals surface area contributed by atoms with E-state index in [9.17, 15) is 8.78 Å². The van der Waals surface area contributed by atoms with Gasteiger partial charge in [-0.25, -0.2) is 8.78 Å². The summed E-state index contributed by atoms with van der Waals surface area (Å²) >= 11 is 0. The van der Waals surface area contributed by atoms with Crippen molar-refractivity contribution < 1.29 is 13.9 Å². The lowest BCUT2D eigenvalue weighted by atomic mass is 10.1. The molecular formula is C8H11F2NO. The van der Waals surface area contributed by atoms with Crippen LogP contribution < -0.4 is 0 Å². The van der Waals surface area contributed by atoms with Gasteiger partial charge in [-0.2, -0.15) is 0 Å². The molecule has 4 heteroatoms. The minimum atomic E-state index is -2.72. The van der Waals surface area contributed by atoms with E-state index in [2.05, 4.69) is 4.98 Å². The van der Waals surface area contributed by atoms with E-state index in [0.29, 0.717) is 5.69 Å². The van der Waals surface area contributed by atoms with Gasteiger partial charge in [-0.15, -0.1) is 0 Å². The van der Waals surface area contributed by atoms with E-state index in [-0.39, 0.29) is 5.56 Å². The average molecular weight is 175 g/mol. The quantitative estimate of drug-likeness (QED) is 0.707. The second kappa shape index (κ2) is 3.23. The molecule has 0 spiro atoms. The molecule has 0 radical (unpaired) electrons. The first-order valence-corrected chi connectivity index (χ1v) is 3.64. The second-order valence-electron chi connectivity index (χ2n) is 2.81.